The van der Waals surface area contributed by atoms with Crippen molar-refractivity contribution in [3.8, 4) is 0 Å². The van der Waals surface area contributed by atoms with Gasteiger partial charge in [-0.05, 0) is 0 Å². The standard InChI is InChI=1S/C8H11O4/c1-3-5-4-6(11-2)7(9)8(10)12-5/h4,9-10H,3H2,1-2H3. The third-order valence-corrected chi connectivity index (χ3v) is 1.52. The summed E-state index contributed by atoms with van der Waals surface area (Å²) in [7, 11) is 1.41. The van der Waals surface area contributed by atoms with Crippen molar-refractivity contribution in [3.63, 3.8) is 0 Å². The van der Waals surface area contributed by atoms with Crippen molar-refractivity contribution >= 4 is 0 Å². The highest BCUT2D eigenvalue weighted by molar-refractivity contribution is 5.27. The van der Waals surface area contributed by atoms with Crippen LogP contribution >= 0.6 is 0 Å². The van der Waals surface area contributed by atoms with Crippen LogP contribution in [0, 0.1) is 6.29 Å². The van der Waals surface area contributed by atoms with E-state index >= 15 is 0 Å². The molecule has 1 radical (unpaired) electrons. The Balaban J connectivity index is 2.90. The molecule has 2 N–H and O–H groups in total. The van der Waals surface area contributed by atoms with Crippen molar-refractivity contribution in [1.29, 1.82) is 0 Å². The summed E-state index contributed by atoms with van der Waals surface area (Å²) in [5.74, 6) is 0.410. The van der Waals surface area contributed by atoms with Crippen LogP contribution in [-0.4, -0.2) is 17.3 Å². The minimum absolute atomic E-state index is 0.218. The van der Waals surface area contributed by atoms with Gasteiger partial charge in [0, 0.05) is 12.5 Å². The van der Waals surface area contributed by atoms with Crippen LogP contribution in [0.15, 0.2) is 23.4 Å². The molecule has 0 bridgehead atoms. The van der Waals surface area contributed by atoms with E-state index in [1.165, 1.54) is 13.2 Å². The zero-order valence-corrected chi connectivity index (χ0v) is 7.00. The van der Waals surface area contributed by atoms with Gasteiger partial charge in [0.1, 0.15) is 5.76 Å². The van der Waals surface area contributed by atoms with Crippen LogP contribution in [0.4, 0.5) is 0 Å². The number of hydrogen-bond acceptors (Lipinski definition) is 4. The lowest BCUT2D eigenvalue weighted by Gasteiger charge is -2.19. The van der Waals surface area contributed by atoms with Gasteiger partial charge in [-0.2, -0.15) is 0 Å². The Morgan fingerprint density at radius 3 is 2.67 bits per heavy atom. The maximum Gasteiger partial charge on any atom is 0.346 e. The number of methoxy groups -OCH3 is 1. The molecular formula is C8H11O4. The molecule has 12 heavy (non-hydrogen) atoms. The average molecular weight is 171 g/mol. The van der Waals surface area contributed by atoms with Gasteiger partial charge in [0.15, 0.2) is 5.76 Å². The average Bonchev–Trinajstić information content (AvgIpc) is 2.09. The molecule has 0 fully saturated rings. The molecule has 1 rings (SSSR count). The third-order valence-electron chi connectivity index (χ3n) is 1.52. The molecule has 0 saturated heterocycles. The SMILES string of the molecule is CCC1=CC(OC)=C(O)[C](O)O1. The van der Waals surface area contributed by atoms with E-state index < -0.39 is 6.29 Å². The lowest BCUT2D eigenvalue weighted by Crippen LogP contribution is -2.13. The zero-order chi connectivity index (χ0) is 9.14. The molecule has 0 aromatic carbocycles. The van der Waals surface area contributed by atoms with Gasteiger partial charge >= 0.3 is 6.29 Å². The van der Waals surface area contributed by atoms with Gasteiger partial charge in [-0.3, -0.25) is 0 Å². The summed E-state index contributed by atoms with van der Waals surface area (Å²) in [6.45, 7) is 1.87. The summed E-state index contributed by atoms with van der Waals surface area (Å²) in [4.78, 5) is 0. The Kier molecular flexibility index (Phi) is 2.60. The first-order valence-corrected chi connectivity index (χ1v) is 3.61. The molecule has 0 aliphatic carbocycles. The van der Waals surface area contributed by atoms with Crippen LogP contribution in [0.3, 0.4) is 0 Å². The van der Waals surface area contributed by atoms with Gasteiger partial charge in [0.05, 0.1) is 7.11 Å². The first-order chi connectivity index (χ1) is 5.69. The molecule has 1 aliphatic rings. The fourth-order valence-electron chi connectivity index (χ4n) is 0.852. The fraction of sp³-hybridized carbons (Fsp3) is 0.375. The zero-order valence-electron chi connectivity index (χ0n) is 7.00. The molecule has 0 saturated carbocycles. The normalized spacial score (nSPS) is 18.8. The minimum atomic E-state index is -0.508. The number of aliphatic hydroxyl groups is 2. The molecular weight excluding hydrogens is 160 g/mol. The van der Waals surface area contributed by atoms with E-state index in [2.05, 4.69) is 0 Å². The fourth-order valence-corrected chi connectivity index (χ4v) is 0.852. The van der Waals surface area contributed by atoms with Crippen LogP contribution in [-0.2, 0) is 9.47 Å². The Morgan fingerprint density at radius 1 is 1.50 bits per heavy atom. The third kappa shape index (κ3) is 1.53. The first kappa shape index (κ1) is 8.93. The number of allylic oxidation sites excluding steroid dienone is 2. The van der Waals surface area contributed by atoms with E-state index in [0.29, 0.717) is 12.2 Å². The van der Waals surface area contributed by atoms with Crippen molar-refractivity contribution < 1.29 is 19.7 Å². The minimum Gasteiger partial charge on any atom is -0.503 e. The smallest absolute Gasteiger partial charge is 0.346 e. The van der Waals surface area contributed by atoms with E-state index in [4.69, 9.17) is 19.7 Å². The summed E-state index contributed by atoms with van der Waals surface area (Å²) < 4.78 is 9.62. The van der Waals surface area contributed by atoms with Gasteiger partial charge in [-0.15, -0.1) is 0 Å². The van der Waals surface area contributed by atoms with E-state index in [9.17, 15) is 0 Å². The molecule has 0 aromatic heterocycles. The summed E-state index contributed by atoms with van der Waals surface area (Å²) in [5.41, 5.74) is 0. The Morgan fingerprint density at radius 2 is 2.17 bits per heavy atom. The van der Waals surface area contributed by atoms with Crippen molar-refractivity contribution in [2.24, 2.45) is 0 Å². The van der Waals surface area contributed by atoms with Crippen molar-refractivity contribution in [2.75, 3.05) is 7.11 Å². The Hall–Kier alpha value is -1.16. The molecule has 1 aliphatic heterocycles. The molecule has 0 atom stereocenters. The van der Waals surface area contributed by atoms with Crippen molar-refractivity contribution in [3.05, 3.63) is 29.6 Å². The van der Waals surface area contributed by atoms with Crippen molar-refractivity contribution in [1.82, 2.24) is 0 Å². The van der Waals surface area contributed by atoms with Gasteiger partial charge in [-0.25, -0.2) is 0 Å². The van der Waals surface area contributed by atoms with Crippen LogP contribution in [0.25, 0.3) is 0 Å². The molecule has 67 valence electrons. The van der Waals surface area contributed by atoms with Crippen LogP contribution < -0.4 is 0 Å². The molecule has 4 heteroatoms. The molecule has 0 amide bonds. The highest BCUT2D eigenvalue weighted by atomic mass is 16.6. The number of ether oxygens (including phenoxy) is 2. The second-order valence-electron chi connectivity index (χ2n) is 2.29. The van der Waals surface area contributed by atoms with E-state index in [1.807, 2.05) is 6.92 Å². The molecule has 0 aromatic rings. The number of hydrogen-bond donors (Lipinski definition) is 2. The maximum absolute atomic E-state index is 9.15. The predicted molar refractivity (Wildman–Crippen MR) is 41.3 cm³/mol. The summed E-state index contributed by atoms with van der Waals surface area (Å²) in [5, 5.41) is 18.2. The number of aliphatic hydroxyl groups excluding tert-OH is 2. The maximum atomic E-state index is 9.15. The second kappa shape index (κ2) is 3.49. The summed E-state index contributed by atoms with van der Waals surface area (Å²) >= 11 is 0. The van der Waals surface area contributed by atoms with Gasteiger partial charge in [0.2, 0.25) is 5.76 Å². The Bertz CT molecular complexity index is 229. The topological polar surface area (TPSA) is 58.9 Å². The largest absolute Gasteiger partial charge is 0.503 e. The van der Waals surface area contributed by atoms with Gasteiger partial charge < -0.3 is 19.7 Å². The number of rotatable bonds is 2. The van der Waals surface area contributed by atoms with Gasteiger partial charge in [0.25, 0.3) is 0 Å². The van der Waals surface area contributed by atoms with E-state index in [1.54, 1.807) is 0 Å². The highest BCUT2D eigenvalue weighted by Gasteiger charge is 2.24. The highest BCUT2D eigenvalue weighted by Crippen LogP contribution is 2.26. The summed E-state index contributed by atoms with van der Waals surface area (Å²) in [6, 6.07) is 0. The van der Waals surface area contributed by atoms with Crippen LogP contribution in [0.5, 0.6) is 0 Å². The molecule has 4 nitrogen and oxygen atoms in total. The molecule has 1 heterocycles. The second-order valence-corrected chi connectivity index (χ2v) is 2.29. The molecule has 0 unspecified atom stereocenters. The monoisotopic (exact) mass is 171 g/mol. The lowest BCUT2D eigenvalue weighted by atomic mass is 10.2. The van der Waals surface area contributed by atoms with Crippen LogP contribution in [0.1, 0.15) is 13.3 Å². The van der Waals surface area contributed by atoms with Crippen molar-refractivity contribution in [2.45, 2.75) is 13.3 Å². The summed E-state index contributed by atoms with van der Waals surface area (Å²) in [6.07, 6.45) is 1.66. The molecule has 0 spiro atoms. The van der Waals surface area contributed by atoms with Crippen LogP contribution in [0.2, 0.25) is 0 Å². The lowest BCUT2D eigenvalue weighted by molar-refractivity contribution is 0.0255. The predicted octanol–water partition coefficient (Wildman–Crippen LogP) is 1.59. The quantitative estimate of drug-likeness (QED) is 0.662. The van der Waals surface area contributed by atoms with E-state index in [0.717, 1.165) is 0 Å². The Labute approximate surface area is 70.7 Å². The first-order valence-electron chi connectivity index (χ1n) is 3.61. The van der Waals surface area contributed by atoms with Gasteiger partial charge in [-0.1, -0.05) is 6.92 Å². The van der Waals surface area contributed by atoms with E-state index in [-0.39, 0.29) is 11.5 Å².